The molecule has 0 unspecified atom stereocenters. The number of nitrogens with one attached hydrogen (secondary N) is 1. The Morgan fingerprint density at radius 1 is 1.00 bits per heavy atom. The highest BCUT2D eigenvalue weighted by atomic mass is 32.1. The lowest BCUT2D eigenvalue weighted by atomic mass is 10.0. The number of fused-ring (bicyclic) bond motifs is 1. The molecule has 1 amide bonds. The highest BCUT2D eigenvalue weighted by molar-refractivity contribution is 7.22. The molecule has 0 saturated heterocycles. The Hall–Kier alpha value is -3.25. The van der Waals surface area contributed by atoms with E-state index in [4.69, 9.17) is 4.42 Å². The van der Waals surface area contributed by atoms with E-state index >= 15 is 0 Å². The molecule has 0 bridgehead atoms. The van der Waals surface area contributed by atoms with Gasteiger partial charge in [0.1, 0.15) is 10.8 Å². The van der Waals surface area contributed by atoms with Crippen molar-refractivity contribution in [2.75, 3.05) is 5.32 Å². The van der Waals surface area contributed by atoms with Crippen LogP contribution in [0.2, 0.25) is 0 Å². The van der Waals surface area contributed by atoms with Crippen LogP contribution in [0.4, 0.5) is 9.39 Å². The van der Waals surface area contributed by atoms with Crippen molar-refractivity contribution in [3.05, 3.63) is 88.7 Å². The second kappa shape index (κ2) is 6.57. The summed E-state index contributed by atoms with van der Waals surface area (Å²) < 4.78 is 20.2. The van der Waals surface area contributed by atoms with Gasteiger partial charge in [0, 0.05) is 15.6 Å². The third-order valence-corrected chi connectivity index (χ3v) is 5.00. The van der Waals surface area contributed by atoms with Gasteiger partial charge in [0.25, 0.3) is 5.91 Å². The van der Waals surface area contributed by atoms with Crippen LogP contribution in [0.15, 0.2) is 76.1 Å². The molecule has 1 N–H and O–H groups in total. The van der Waals surface area contributed by atoms with Gasteiger partial charge in [-0.1, -0.05) is 30.3 Å². The SMILES string of the molecule is O=C(Nc1sc2ccccc2c(=O)c1-c1ccccc1F)c1ccco1. The zero-order chi connectivity index (χ0) is 18.1. The van der Waals surface area contributed by atoms with Crippen molar-refractivity contribution >= 4 is 32.3 Å². The number of amides is 1. The highest BCUT2D eigenvalue weighted by Gasteiger charge is 2.20. The standard InChI is InChI=1S/C20H12FNO3S/c21-14-8-3-1-6-12(14)17-18(23)13-7-2-4-10-16(13)26-20(17)22-19(24)15-9-5-11-25-15/h1-11H,(H,22,24). The van der Waals surface area contributed by atoms with Gasteiger partial charge in [0.05, 0.1) is 11.8 Å². The Morgan fingerprint density at radius 2 is 1.77 bits per heavy atom. The molecule has 4 rings (SSSR count). The molecule has 6 heteroatoms. The average molecular weight is 365 g/mol. The molecule has 0 saturated carbocycles. The number of rotatable bonds is 3. The molecular formula is C20H12FNO3S. The van der Waals surface area contributed by atoms with Crippen molar-refractivity contribution in [3.63, 3.8) is 0 Å². The van der Waals surface area contributed by atoms with E-state index in [1.54, 1.807) is 42.5 Å². The Labute approximate surface area is 151 Å². The van der Waals surface area contributed by atoms with Crippen molar-refractivity contribution in [2.45, 2.75) is 0 Å². The molecule has 0 atom stereocenters. The van der Waals surface area contributed by atoms with Gasteiger partial charge in [0.2, 0.25) is 0 Å². The smallest absolute Gasteiger partial charge is 0.291 e. The number of hydrogen-bond acceptors (Lipinski definition) is 4. The van der Waals surface area contributed by atoms with Crippen LogP contribution >= 0.6 is 11.3 Å². The Kier molecular flexibility index (Phi) is 4.10. The molecule has 0 spiro atoms. The van der Waals surface area contributed by atoms with Crippen LogP contribution < -0.4 is 10.7 Å². The van der Waals surface area contributed by atoms with Crippen molar-refractivity contribution in [1.29, 1.82) is 0 Å². The predicted octanol–water partition coefficient (Wildman–Crippen LogP) is 4.91. The first kappa shape index (κ1) is 16.2. The van der Waals surface area contributed by atoms with Crippen LogP contribution in [-0.2, 0) is 0 Å². The van der Waals surface area contributed by atoms with E-state index in [0.717, 1.165) is 0 Å². The first-order valence-electron chi connectivity index (χ1n) is 7.81. The van der Waals surface area contributed by atoms with E-state index in [-0.39, 0.29) is 27.3 Å². The minimum atomic E-state index is -0.527. The van der Waals surface area contributed by atoms with Crippen LogP contribution in [0.1, 0.15) is 10.6 Å². The van der Waals surface area contributed by atoms with E-state index in [1.165, 1.54) is 35.8 Å². The van der Waals surface area contributed by atoms with Gasteiger partial charge in [-0.2, -0.15) is 0 Å². The summed E-state index contributed by atoms with van der Waals surface area (Å²) in [5, 5.41) is 3.45. The maximum Gasteiger partial charge on any atom is 0.291 e. The second-order valence-corrected chi connectivity index (χ2v) is 6.59. The van der Waals surface area contributed by atoms with Gasteiger partial charge in [-0.3, -0.25) is 9.59 Å². The van der Waals surface area contributed by atoms with Gasteiger partial charge in [-0.25, -0.2) is 4.39 Å². The number of carbonyl (C=O) groups is 1. The van der Waals surface area contributed by atoms with Crippen LogP contribution in [0.5, 0.6) is 0 Å². The van der Waals surface area contributed by atoms with Gasteiger partial charge in [0.15, 0.2) is 11.2 Å². The molecule has 0 fully saturated rings. The maximum absolute atomic E-state index is 14.4. The van der Waals surface area contributed by atoms with E-state index in [9.17, 15) is 14.0 Å². The third-order valence-electron chi connectivity index (χ3n) is 3.91. The first-order valence-corrected chi connectivity index (χ1v) is 8.62. The van der Waals surface area contributed by atoms with Crippen molar-refractivity contribution < 1.29 is 13.6 Å². The lowest BCUT2D eigenvalue weighted by Gasteiger charge is -2.11. The summed E-state index contributed by atoms with van der Waals surface area (Å²) in [7, 11) is 0. The van der Waals surface area contributed by atoms with E-state index < -0.39 is 11.7 Å². The number of halogens is 1. The molecule has 4 nitrogen and oxygen atoms in total. The normalized spacial score (nSPS) is 10.8. The topological polar surface area (TPSA) is 59.3 Å². The molecular weight excluding hydrogens is 353 g/mol. The zero-order valence-corrected chi connectivity index (χ0v) is 14.2. The summed E-state index contributed by atoms with van der Waals surface area (Å²) in [5.74, 6) is -0.920. The quantitative estimate of drug-likeness (QED) is 0.561. The molecule has 128 valence electrons. The molecule has 2 aromatic heterocycles. The predicted molar refractivity (Wildman–Crippen MR) is 100 cm³/mol. The van der Waals surface area contributed by atoms with Crippen molar-refractivity contribution in [3.8, 4) is 11.1 Å². The first-order chi connectivity index (χ1) is 12.6. The summed E-state index contributed by atoms with van der Waals surface area (Å²) in [4.78, 5) is 25.4. The number of hydrogen-bond donors (Lipinski definition) is 1. The van der Waals surface area contributed by atoms with E-state index in [2.05, 4.69) is 5.32 Å². The van der Waals surface area contributed by atoms with Gasteiger partial charge in [-0.05, 0) is 30.3 Å². The van der Waals surface area contributed by atoms with E-state index in [0.29, 0.717) is 10.1 Å². The summed E-state index contributed by atoms with van der Waals surface area (Å²) in [6, 6.07) is 16.2. The fourth-order valence-electron chi connectivity index (χ4n) is 2.71. The summed E-state index contributed by atoms with van der Waals surface area (Å²) >= 11 is 1.22. The third kappa shape index (κ3) is 2.80. The van der Waals surface area contributed by atoms with Crippen LogP contribution in [0.25, 0.3) is 21.2 Å². The fourth-order valence-corrected chi connectivity index (χ4v) is 3.80. The minimum Gasteiger partial charge on any atom is -0.459 e. The molecule has 2 aromatic carbocycles. The monoisotopic (exact) mass is 365 g/mol. The number of anilines is 1. The van der Waals surface area contributed by atoms with Crippen LogP contribution in [0.3, 0.4) is 0 Å². The molecule has 0 radical (unpaired) electrons. The lowest BCUT2D eigenvalue weighted by Crippen LogP contribution is -2.15. The van der Waals surface area contributed by atoms with Crippen molar-refractivity contribution in [2.24, 2.45) is 0 Å². The van der Waals surface area contributed by atoms with Gasteiger partial charge < -0.3 is 9.73 Å². The summed E-state index contributed by atoms with van der Waals surface area (Å²) in [6.07, 6.45) is 1.38. The highest BCUT2D eigenvalue weighted by Crippen LogP contribution is 2.34. The van der Waals surface area contributed by atoms with Crippen LogP contribution in [-0.4, -0.2) is 5.91 Å². The summed E-state index contributed by atoms with van der Waals surface area (Å²) in [5.41, 5.74) is -0.0554. The van der Waals surface area contributed by atoms with E-state index in [1.807, 2.05) is 0 Å². The summed E-state index contributed by atoms with van der Waals surface area (Å²) in [6.45, 7) is 0. The number of furan rings is 1. The van der Waals surface area contributed by atoms with Gasteiger partial charge in [-0.15, -0.1) is 11.3 Å². The maximum atomic E-state index is 14.4. The van der Waals surface area contributed by atoms with Crippen LogP contribution in [0, 0.1) is 5.82 Å². The molecule has 0 aliphatic heterocycles. The fraction of sp³-hybridized carbons (Fsp3) is 0. The molecule has 0 aliphatic carbocycles. The Bertz CT molecular complexity index is 1170. The molecule has 26 heavy (non-hydrogen) atoms. The average Bonchev–Trinajstić information content (AvgIpc) is 3.18. The lowest BCUT2D eigenvalue weighted by molar-refractivity contribution is 0.0997. The number of carbonyl (C=O) groups excluding carboxylic acids is 1. The second-order valence-electron chi connectivity index (χ2n) is 5.54. The minimum absolute atomic E-state index is 0.109. The Morgan fingerprint density at radius 3 is 2.54 bits per heavy atom. The largest absolute Gasteiger partial charge is 0.459 e. The van der Waals surface area contributed by atoms with Crippen molar-refractivity contribution in [1.82, 2.24) is 0 Å². The molecule has 2 heterocycles. The van der Waals surface area contributed by atoms with Gasteiger partial charge >= 0.3 is 0 Å². The molecule has 4 aromatic rings. The Balaban J connectivity index is 1.95. The molecule has 0 aliphatic rings. The number of benzene rings is 2. The zero-order valence-electron chi connectivity index (χ0n) is 13.4.